The predicted octanol–water partition coefficient (Wildman–Crippen LogP) is 1.94. The van der Waals surface area contributed by atoms with Gasteiger partial charge in [-0.25, -0.2) is 0 Å². The van der Waals surface area contributed by atoms with E-state index in [0.717, 1.165) is 31.2 Å². The molecule has 0 aliphatic carbocycles. The molecular formula is C12H22N2O. The summed E-state index contributed by atoms with van der Waals surface area (Å²) in [4.78, 5) is 2.20. The van der Waals surface area contributed by atoms with Crippen LogP contribution in [-0.4, -0.2) is 32.1 Å². The molecule has 3 heteroatoms. The Morgan fingerprint density at radius 2 is 2.07 bits per heavy atom. The number of hydrogen-bond donors (Lipinski definition) is 1. The van der Waals surface area contributed by atoms with Crippen molar-refractivity contribution in [3.63, 3.8) is 0 Å². The van der Waals surface area contributed by atoms with Gasteiger partial charge in [-0.2, -0.15) is 0 Å². The highest BCUT2D eigenvalue weighted by Crippen LogP contribution is 2.12. The minimum Gasteiger partial charge on any atom is -0.466 e. The summed E-state index contributed by atoms with van der Waals surface area (Å²) in [5.74, 6) is 2.03. The Labute approximate surface area is 92.5 Å². The number of nitrogens with one attached hydrogen (secondary N) is 1. The molecule has 1 rings (SSSR count). The molecule has 0 spiro atoms. The van der Waals surface area contributed by atoms with Crippen LogP contribution in [0.4, 0.5) is 0 Å². The highest BCUT2D eigenvalue weighted by atomic mass is 16.3. The Balaban J connectivity index is 2.17. The molecule has 0 fully saturated rings. The van der Waals surface area contributed by atoms with Crippen LogP contribution in [0.1, 0.15) is 23.5 Å². The molecular weight excluding hydrogens is 188 g/mol. The van der Waals surface area contributed by atoms with Gasteiger partial charge in [-0.05, 0) is 53.5 Å². The summed E-state index contributed by atoms with van der Waals surface area (Å²) in [5.41, 5.74) is 1.28. The van der Waals surface area contributed by atoms with E-state index in [1.807, 2.05) is 13.8 Å². The lowest BCUT2D eigenvalue weighted by Crippen LogP contribution is -2.21. The van der Waals surface area contributed by atoms with Crippen LogP contribution in [0, 0.1) is 13.8 Å². The third-order valence-electron chi connectivity index (χ3n) is 2.42. The lowest BCUT2D eigenvalue weighted by atomic mass is 10.2. The molecule has 1 aromatic rings. The lowest BCUT2D eigenvalue weighted by Gasteiger charge is -2.09. The van der Waals surface area contributed by atoms with E-state index in [-0.39, 0.29) is 0 Å². The topological polar surface area (TPSA) is 28.4 Å². The van der Waals surface area contributed by atoms with Crippen molar-refractivity contribution in [1.82, 2.24) is 10.2 Å². The van der Waals surface area contributed by atoms with Gasteiger partial charge in [0.2, 0.25) is 0 Å². The maximum absolute atomic E-state index is 5.46. The third kappa shape index (κ3) is 4.49. The molecule has 0 aromatic carbocycles. The van der Waals surface area contributed by atoms with E-state index in [0.29, 0.717) is 0 Å². The van der Waals surface area contributed by atoms with Gasteiger partial charge in [0.1, 0.15) is 11.5 Å². The van der Waals surface area contributed by atoms with Gasteiger partial charge < -0.3 is 14.6 Å². The summed E-state index contributed by atoms with van der Waals surface area (Å²) in [5, 5.41) is 3.42. The number of furan rings is 1. The predicted molar refractivity (Wildman–Crippen MR) is 63.1 cm³/mol. The Bertz CT molecular complexity index is 292. The van der Waals surface area contributed by atoms with Gasteiger partial charge in [-0.15, -0.1) is 0 Å². The molecule has 0 radical (unpaired) electrons. The summed E-state index contributed by atoms with van der Waals surface area (Å²) in [6.07, 6.45) is 1.18. The van der Waals surface area contributed by atoms with E-state index < -0.39 is 0 Å². The van der Waals surface area contributed by atoms with Crippen LogP contribution in [0.15, 0.2) is 10.5 Å². The second kappa shape index (κ2) is 5.93. The van der Waals surface area contributed by atoms with Crippen LogP contribution < -0.4 is 5.32 Å². The molecule has 3 nitrogen and oxygen atoms in total. The molecule has 0 saturated carbocycles. The molecule has 1 N–H and O–H groups in total. The van der Waals surface area contributed by atoms with Gasteiger partial charge in [-0.3, -0.25) is 0 Å². The number of aryl methyl sites for hydroxylation is 2. The van der Waals surface area contributed by atoms with E-state index >= 15 is 0 Å². The van der Waals surface area contributed by atoms with Gasteiger partial charge in [0.15, 0.2) is 0 Å². The molecule has 1 heterocycles. The molecule has 0 bridgehead atoms. The van der Waals surface area contributed by atoms with E-state index in [1.165, 1.54) is 12.0 Å². The van der Waals surface area contributed by atoms with Crippen molar-refractivity contribution in [2.24, 2.45) is 0 Å². The standard InChI is InChI=1S/C12H22N2O/c1-10-8-12(11(2)15-10)9-13-6-5-7-14(3)4/h8,13H,5-7,9H2,1-4H3. The molecule has 0 amide bonds. The quantitative estimate of drug-likeness (QED) is 0.727. The highest BCUT2D eigenvalue weighted by molar-refractivity contribution is 5.19. The van der Waals surface area contributed by atoms with E-state index in [4.69, 9.17) is 4.42 Å². The van der Waals surface area contributed by atoms with Crippen molar-refractivity contribution >= 4 is 0 Å². The maximum Gasteiger partial charge on any atom is 0.105 e. The van der Waals surface area contributed by atoms with Gasteiger partial charge >= 0.3 is 0 Å². The fourth-order valence-corrected chi connectivity index (χ4v) is 1.60. The Kier molecular flexibility index (Phi) is 4.85. The smallest absolute Gasteiger partial charge is 0.105 e. The minimum absolute atomic E-state index is 0.913. The second-order valence-electron chi connectivity index (χ2n) is 4.27. The van der Waals surface area contributed by atoms with Crippen LogP contribution in [0.25, 0.3) is 0 Å². The largest absolute Gasteiger partial charge is 0.466 e. The molecule has 0 atom stereocenters. The first-order chi connectivity index (χ1) is 7.09. The fraction of sp³-hybridized carbons (Fsp3) is 0.667. The van der Waals surface area contributed by atoms with Crippen molar-refractivity contribution in [3.8, 4) is 0 Å². The van der Waals surface area contributed by atoms with Crippen molar-refractivity contribution in [2.45, 2.75) is 26.8 Å². The van der Waals surface area contributed by atoms with Gasteiger partial charge in [0.05, 0.1) is 0 Å². The van der Waals surface area contributed by atoms with Crippen molar-refractivity contribution in [3.05, 3.63) is 23.2 Å². The molecule has 1 aromatic heterocycles. The van der Waals surface area contributed by atoms with Crippen LogP contribution in [0.3, 0.4) is 0 Å². The van der Waals surface area contributed by atoms with Crippen molar-refractivity contribution in [2.75, 3.05) is 27.2 Å². The third-order valence-corrected chi connectivity index (χ3v) is 2.42. The summed E-state index contributed by atoms with van der Waals surface area (Å²) in [6, 6.07) is 2.11. The highest BCUT2D eigenvalue weighted by Gasteiger charge is 2.03. The van der Waals surface area contributed by atoms with Crippen LogP contribution in [0.5, 0.6) is 0 Å². The lowest BCUT2D eigenvalue weighted by molar-refractivity contribution is 0.394. The number of rotatable bonds is 6. The first-order valence-corrected chi connectivity index (χ1v) is 5.51. The average molecular weight is 210 g/mol. The van der Waals surface area contributed by atoms with Crippen LogP contribution >= 0.6 is 0 Å². The zero-order valence-corrected chi connectivity index (χ0v) is 10.3. The van der Waals surface area contributed by atoms with Crippen molar-refractivity contribution in [1.29, 1.82) is 0 Å². The number of hydrogen-bond acceptors (Lipinski definition) is 3. The summed E-state index contributed by atoms with van der Waals surface area (Å²) in [7, 11) is 4.20. The summed E-state index contributed by atoms with van der Waals surface area (Å²) in [6.45, 7) is 7.11. The normalized spacial score (nSPS) is 11.3. The van der Waals surface area contributed by atoms with Gasteiger partial charge in [0, 0.05) is 12.1 Å². The first-order valence-electron chi connectivity index (χ1n) is 5.51. The average Bonchev–Trinajstić information content (AvgIpc) is 2.44. The molecule has 0 unspecified atom stereocenters. The van der Waals surface area contributed by atoms with E-state index in [2.05, 4.69) is 30.4 Å². The second-order valence-corrected chi connectivity index (χ2v) is 4.27. The monoisotopic (exact) mass is 210 g/mol. The summed E-state index contributed by atoms with van der Waals surface area (Å²) < 4.78 is 5.46. The van der Waals surface area contributed by atoms with Crippen molar-refractivity contribution < 1.29 is 4.42 Å². The van der Waals surface area contributed by atoms with Gasteiger partial charge in [-0.1, -0.05) is 0 Å². The molecule has 0 saturated heterocycles. The minimum atomic E-state index is 0.913. The zero-order chi connectivity index (χ0) is 11.3. The van der Waals surface area contributed by atoms with Crippen LogP contribution in [-0.2, 0) is 6.54 Å². The fourth-order valence-electron chi connectivity index (χ4n) is 1.60. The van der Waals surface area contributed by atoms with Gasteiger partial charge in [0.25, 0.3) is 0 Å². The van der Waals surface area contributed by atoms with Crippen LogP contribution in [0.2, 0.25) is 0 Å². The maximum atomic E-state index is 5.46. The van der Waals surface area contributed by atoms with E-state index in [1.54, 1.807) is 0 Å². The molecule has 86 valence electrons. The van der Waals surface area contributed by atoms with E-state index in [9.17, 15) is 0 Å². The Hall–Kier alpha value is -0.800. The zero-order valence-electron chi connectivity index (χ0n) is 10.3. The Morgan fingerprint density at radius 3 is 2.60 bits per heavy atom. The Morgan fingerprint density at radius 1 is 1.33 bits per heavy atom. The molecule has 0 aliphatic heterocycles. The number of nitrogens with zero attached hydrogens (tertiary/aromatic N) is 1. The molecule has 0 aliphatic rings. The SMILES string of the molecule is Cc1cc(CNCCCN(C)C)c(C)o1. The summed E-state index contributed by atoms with van der Waals surface area (Å²) >= 11 is 0. The molecule has 15 heavy (non-hydrogen) atoms. The first kappa shape index (κ1) is 12.3.